The van der Waals surface area contributed by atoms with E-state index in [2.05, 4.69) is 0 Å². The molecule has 4 atom stereocenters. The van der Waals surface area contributed by atoms with E-state index in [1.807, 2.05) is 66.7 Å². The molecular weight excluding hydrogens is 420 g/mol. The quantitative estimate of drug-likeness (QED) is 0.429. The number of ether oxygens (including phenoxy) is 5. The highest BCUT2D eigenvalue weighted by atomic mass is 16.7. The molecule has 1 fully saturated rings. The zero-order chi connectivity index (χ0) is 22.9. The molecular formula is C27H28O6. The van der Waals surface area contributed by atoms with E-state index >= 15 is 0 Å². The summed E-state index contributed by atoms with van der Waals surface area (Å²) in [5.74, 6) is -0.453. The number of hydrogen-bond acceptors (Lipinski definition) is 6. The first-order valence-electron chi connectivity index (χ1n) is 11.0. The summed E-state index contributed by atoms with van der Waals surface area (Å²) < 4.78 is 29.5. The maximum Gasteiger partial charge on any atom is 0.338 e. The van der Waals surface area contributed by atoms with Crippen LogP contribution in [0.15, 0.2) is 91.0 Å². The first-order valence-corrected chi connectivity index (χ1v) is 11.0. The number of rotatable bonds is 10. The zero-order valence-electron chi connectivity index (χ0n) is 18.5. The first-order chi connectivity index (χ1) is 16.2. The Balaban J connectivity index is 1.46. The van der Waals surface area contributed by atoms with Crippen LogP contribution in [0.1, 0.15) is 21.5 Å². The van der Waals surface area contributed by atoms with Gasteiger partial charge in [0.2, 0.25) is 0 Å². The van der Waals surface area contributed by atoms with E-state index in [4.69, 9.17) is 23.7 Å². The molecule has 0 aliphatic carbocycles. The Morgan fingerprint density at radius 3 is 1.97 bits per heavy atom. The summed E-state index contributed by atoms with van der Waals surface area (Å²) in [6.45, 7) is 1.06. The van der Waals surface area contributed by atoms with Gasteiger partial charge in [-0.3, -0.25) is 0 Å². The molecule has 1 aliphatic heterocycles. The molecule has 6 heteroatoms. The molecule has 0 N–H and O–H groups in total. The molecule has 172 valence electrons. The second-order valence-corrected chi connectivity index (χ2v) is 7.78. The number of esters is 1. The highest BCUT2D eigenvalue weighted by Gasteiger charge is 2.48. The third-order valence-corrected chi connectivity index (χ3v) is 5.43. The Hall–Kier alpha value is -3.03. The highest BCUT2D eigenvalue weighted by Crippen LogP contribution is 2.29. The summed E-state index contributed by atoms with van der Waals surface area (Å²) in [6, 6.07) is 28.6. The van der Waals surface area contributed by atoms with Gasteiger partial charge in [0, 0.05) is 7.11 Å². The normalized spacial score (nSPS) is 22.2. The van der Waals surface area contributed by atoms with Crippen molar-refractivity contribution in [3.05, 3.63) is 108 Å². The van der Waals surface area contributed by atoms with Crippen molar-refractivity contribution in [1.82, 2.24) is 0 Å². The largest absolute Gasteiger partial charge is 0.450 e. The molecule has 0 unspecified atom stereocenters. The van der Waals surface area contributed by atoms with E-state index in [-0.39, 0.29) is 6.61 Å². The molecule has 33 heavy (non-hydrogen) atoms. The molecule has 1 aliphatic rings. The molecule has 4 rings (SSSR count). The van der Waals surface area contributed by atoms with Gasteiger partial charge in [0.15, 0.2) is 12.4 Å². The van der Waals surface area contributed by atoms with Crippen LogP contribution in [0.5, 0.6) is 0 Å². The number of carbonyl (C=O) groups excluding carboxylic acids is 1. The zero-order valence-corrected chi connectivity index (χ0v) is 18.5. The monoisotopic (exact) mass is 448 g/mol. The van der Waals surface area contributed by atoms with E-state index < -0.39 is 30.6 Å². The average Bonchev–Trinajstić information content (AvgIpc) is 3.20. The predicted molar refractivity (Wildman–Crippen MR) is 122 cm³/mol. The van der Waals surface area contributed by atoms with Gasteiger partial charge in [-0.25, -0.2) is 4.79 Å². The van der Waals surface area contributed by atoms with Crippen molar-refractivity contribution in [3.63, 3.8) is 0 Å². The molecule has 3 aromatic carbocycles. The molecule has 1 saturated heterocycles. The van der Waals surface area contributed by atoms with Gasteiger partial charge in [-0.1, -0.05) is 78.9 Å². The van der Waals surface area contributed by atoms with E-state index in [1.54, 1.807) is 24.3 Å². The fraction of sp³-hybridized carbons (Fsp3) is 0.296. The summed E-state index contributed by atoms with van der Waals surface area (Å²) in [4.78, 5) is 12.8. The summed E-state index contributed by atoms with van der Waals surface area (Å²) in [6.07, 6.45) is -2.52. The summed E-state index contributed by atoms with van der Waals surface area (Å²) in [5.41, 5.74) is 2.53. The van der Waals surface area contributed by atoms with Crippen molar-refractivity contribution >= 4 is 5.97 Å². The topological polar surface area (TPSA) is 63.2 Å². The Morgan fingerprint density at radius 1 is 0.788 bits per heavy atom. The molecule has 3 aromatic rings. The molecule has 0 spiro atoms. The van der Waals surface area contributed by atoms with E-state index in [1.165, 1.54) is 7.11 Å². The van der Waals surface area contributed by atoms with Crippen LogP contribution in [-0.2, 0) is 36.9 Å². The lowest BCUT2D eigenvalue weighted by molar-refractivity contribution is -0.158. The fourth-order valence-electron chi connectivity index (χ4n) is 3.74. The van der Waals surface area contributed by atoms with Gasteiger partial charge >= 0.3 is 5.97 Å². The molecule has 0 aromatic heterocycles. The number of carbonyl (C=O) groups is 1. The SMILES string of the molecule is CO[C@H]1O[C@H](COCc2ccccc2)[C@@H](OCc2ccccc2)[C@@H]1OC(=O)c1ccccc1. The standard InChI is InChI=1S/C27H28O6/c1-29-27-25(33-26(28)22-15-9-4-10-16-22)24(31-18-21-13-7-3-8-14-21)23(32-27)19-30-17-20-11-5-2-6-12-20/h2-16,23-25,27H,17-19H2,1H3/t23-,24-,25+,27+/m1/s1. The van der Waals surface area contributed by atoms with Crippen LogP contribution in [-0.4, -0.2) is 44.3 Å². The number of benzene rings is 3. The van der Waals surface area contributed by atoms with Gasteiger partial charge in [0.1, 0.15) is 12.2 Å². The van der Waals surface area contributed by atoms with Crippen molar-refractivity contribution in [3.8, 4) is 0 Å². The van der Waals surface area contributed by atoms with Crippen LogP contribution in [0.25, 0.3) is 0 Å². The van der Waals surface area contributed by atoms with Crippen molar-refractivity contribution in [2.45, 2.75) is 37.8 Å². The molecule has 0 amide bonds. The van der Waals surface area contributed by atoms with Crippen molar-refractivity contribution in [2.75, 3.05) is 13.7 Å². The fourth-order valence-corrected chi connectivity index (χ4v) is 3.74. The molecule has 0 saturated carbocycles. The molecule has 6 nitrogen and oxygen atoms in total. The Morgan fingerprint density at radius 2 is 1.36 bits per heavy atom. The lowest BCUT2D eigenvalue weighted by Gasteiger charge is -2.24. The van der Waals surface area contributed by atoms with Crippen LogP contribution in [0.4, 0.5) is 0 Å². The molecule has 0 bridgehead atoms. The maximum absolute atomic E-state index is 12.8. The number of hydrogen-bond donors (Lipinski definition) is 0. The highest BCUT2D eigenvalue weighted by molar-refractivity contribution is 5.89. The van der Waals surface area contributed by atoms with Crippen molar-refractivity contribution < 1.29 is 28.5 Å². The summed E-state index contributed by atoms with van der Waals surface area (Å²) in [7, 11) is 1.52. The van der Waals surface area contributed by atoms with E-state index in [0.29, 0.717) is 18.8 Å². The lowest BCUT2D eigenvalue weighted by atomic mass is 10.1. The second kappa shape index (κ2) is 11.7. The van der Waals surface area contributed by atoms with Gasteiger partial charge in [-0.2, -0.15) is 0 Å². The Kier molecular flexibility index (Phi) is 8.22. The van der Waals surface area contributed by atoms with E-state index in [0.717, 1.165) is 11.1 Å². The Labute approximate surface area is 194 Å². The minimum absolute atomic E-state index is 0.271. The first kappa shape index (κ1) is 23.1. The van der Waals surface area contributed by atoms with E-state index in [9.17, 15) is 4.79 Å². The van der Waals surface area contributed by atoms with Gasteiger partial charge in [0.05, 0.1) is 25.4 Å². The molecule has 0 radical (unpaired) electrons. The van der Waals surface area contributed by atoms with Crippen LogP contribution in [0, 0.1) is 0 Å². The second-order valence-electron chi connectivity index (χ2n) is 7.78. The lowest BCUT2D eigenvalue weighted by Crippen LogP contribution is -2.40. The molecule has 1 heterocycles. The van der Waals surface area contributed by atoms with Gasteiger partial charge in [-0.05, 0) is 23.3 Å². The average molecular weight is 449 g/mol. The Bertz CT molecular complexity index is 979. The van der Waals surface area contributed by atoms with Crippen molar-refractivity contribution in [1.29, 1.82) is 0 Å². The third-order valence-electron chi connectivity index (χ3n) is 5.43. The van der Waals surface area contributed by atoms with Gasteiger partial charge < -0.3 is 23.7 Å². The smallest absolute Gasteiger partial charge is 0.338 e. The number of methoxy groups -OCH3 is 1. The third kappa shape index (κ3) is 6.27. The van der Waals surface area contributed by atoms with Crippen LogP contribution >= 0.6 is 0 Å². The summed E-state index contributed by atoms with van der Waals surface area (Å²) in [5, 5.41) is 0. The predicted octanol–water partition coefficient (Wildman–Crippen LogP) is 4.39. The minimum Gasteiger partial charge on any atom is -0.450 e. The van der Waals surface area contributed by atoms with Crippen LogP contribution < -0.4 is 0 Å². The van der Waals surface area contributed by atoms with Crippen molar-refractivity contribution in [2.24, 2.45) is 0 Å². The van der Waals surface area contributed by atoms with Gasteiger partial charge in [-0.15, -0.1) is 0 Å². The maximum atomic E-state index is 12.8. The summed E-state index contributed by atoms with van der Waals surface area (Å²) >= 11 is 0. The van der Waals surface area contributed by atoms with Crippen LogP contribution in [0.3, 0.4) is 0 Å². The van der Waals surface area contributed by atoms with Gasteiger partial charge in [0.25, 0.3) is 0 Å². The minimum atomic E-state index is -0.760. The van der Waals surface area contributed by atoms with Crippen LogP contribution in [0.2, 0.25) is 0 Å².